The summed E-state index contributed by atoms with van der Waals surface area (Å²) in [5, 5.41) is 13.3. The molecule has 1 aromatic heterocycles. The summed E-state index contributed by atoms with van der Waals surface area (Å²) in [6.07, 6.45) is 5.23. The molecular formula is C17H26N4O4. The zero-order valence-electron chi connectivity index (χ0n) is 15.0. The van der Waals surface area contributed by atoms with Gasteiger partial charge in [-0.1, -0.05) is 0 Å². The molecule has 8 heteroatoms. The standard InChI is InChI=1S/C17H26N4O4/c1-12(22)19-14-8-17(25-10-16(14,2)24)4-6-21(7-5-17)15(23)13-9-20(3)11-18-13/h9,11,14,24H,4-8,10H2,1-3H3,(H,19,22)/t14-,16-/m0/s1. The second-order valence-electron chi connectivity index (χ2n) is 7.50. The first kappa shape index (κ1) is 17.9. The minimum Gasteiger partial charge on any atom is -0.386 e. The van der Waals surface area contributed by atoms with Crippen molar-refractivity contribution in [1.82, 2.24) is 19.8 Å². The highest BCUT2D eigenvalue weighted by Gasteiger charge is 2.49. The van der Waals surface area contributed by atoms with Crippen LogP contribution in [0.4, 0.5) is 0 Å². The second-order valence-corrected chi connectivity index (χ2v) is 7.50. The van der Waals surface area contributed by atoms with Gasteiger partial charge < -0.3 is 24.6 Å². The number of imidazole rings is 1. The van der Waals surface area contributed by atoms with Crippen molar-refractivity contribution in [2.45, 2.75) is 50.4 Å². The highest BCUT2D eigenvalue weighted by atomic mass is 16.5. The lowest BCUT2D eigenvalue weighted by molar-refractivity contribution is -0.191. The Hall–Kier alpha value is -1.93. The van der Waals surface area contributed by atoms with E-state index in [-0.39, 0.29) is 24.5 Å². The molecule has 0 radical (unpaired) electrons. The normalized spacial score (nSPS) is 28.8. The third-order valence-corrected chi connectivity index (χ3v) is 5.26. The van der Waals surface area contributed by atoms with Gasteiger partial charge in [0, 0.05) is 33.3 Å². The van der Waals surface area contributed by atoms with E-state index in [1.165, 1.54) is 6.92 Å². The van der Waals surface area contributed by atoms with Crippen molar-refractivity contribution in [1.29, 1.82) is 0 Å². The molecule has 2 fully saturated rings. The van der Waals surface area contributed by atoms with Crippen LogP contribution in [0.5, 0.6) is 0 Å². The van der Waals surface area contributed by atoms with Gasteiger partial charge in [0.1, 0.15) is 11.3 Å². The number of piperidine rings is 1. The van der Waals surface area contributed by atoms with Crippen LogP contribution < -0.4 is 5.32 Å². The van der Waals surface area contributed by atoms with Crippen molar-refractivity contribution in [2.24, 2.45) is 7.05 Å². The maximum Gasteiger partial charge on any atom is 0.274 e. The quantitative estimate of drug-likeness (QED) is 0.787. The number of likely N-dealkylation sites (tertiary alicyclic amines) is 1. The maximum absolute atomic E-state index is 12.5. The van der Waals surface area contributed by atoms with Gasteiger partial charge in [-0.15, -0.1) is 0 Å². The summed E-state index contributed by atoms with van der Waals surface area (Å²) in [6.45, 7) is 4.45. The molecule has 25 heavy (non-hydrogen) atoms. The van der Waals surface area contributed by atoms with E-state index in [1.807, 2.05) is 7.05 Å². The lowest BCUT2D eigenvalue weighted by Gasteiger charge is -2.50. The first-order valence-corrected chi connectivity index (χ1v) is 8.61. The molecule has 8 nitrogen and oxygen atoms in total. The van der Waals surface area contributed by atoms with Crippen LogP contribution in [0, 0.1) is 0 Å². The van der Waals surface area contributed by atoms with E-state index >= 15 is 0 Å². The van der Waals surface area contributed by atoms with Crippen molar-refractivity contribution < 1.29 is 19.4 Å². The zero-order chi connectivity index (χ0) is 18.2. The molecule has 3 heterocycles. The summed E-state index contributed by atoms with van der Waals surface area (Å²) in [5.41, 5.74) is -1.05. The van der Waals surface area contributed by atoms with Crippen LogP contribution in [0.1, 0.15) is 43.6 Å². The van der Waals surface area contributed by atoms with E-state index in [2.05, 4.69) is 10.3 Å². The van der Waals surface area contributed by atoms with Gasteiger partial charge in [0.2, 0.25) is 5.91 Å². The first-order chi connectivity index (χ1) is 11.7. The van der Waals surface area contributed by atoms with Crippen molar-refractivity contribution in [3.05, 3.63) is 18.2 Å². The third kappa shape index (κ3) is 3.69. The van der Waals surface area contributed by atoms with Crippen molar-refractivity contribution >= 4 is 11.8 Å². The van der Waals surface area contributed by atoms with E-state index in [0.717, 1.165) is 0 Å². The highest BCUT2D eigenvalue weighted by Crippen LogP contribution is 2.38. The van der Waals surface area contributed by atoms with Crippen molar-refractivity contribution in [2.75, 3.05) is 19.7 Å². The largest absolute Gasteiger partial charge is 0.386 e. The summed E-state index contributed by atoms with van der Waals surface area (Å²) in [4.78, 5) is 29.9. The van der Waals surface area contributed by atoms with Crippen LogP contribution in [-0.2, 0) is 16.6 Å². The van der Waals surface area contributed by atoms with Crippen molar-refractivity contribution in [3.63, 3.8) is 0 Å². The molecule has 0 aromatic carbocycles. The predicted molar refractivity (Wildman–Crippen MR) is 89.9 cm³/mol. The molecule has 138 valence electrons. The Morgan fingerprint density at radius 1 is 1.40 bits per heavy atom. The van der Waals surface area contributed by atoms with Gasteiger partial charge in [0.25, 0.3) is 5.91 Å². The Labute approximate surface area is 147 Å². The summed E-state index contributed by atoms with van der Waals surface area (Å²) in [6, 6.07) is -0.350. The molecule has 0 bridgehead atoms. The molecule has 1 aromatic rings. The molecule has 2 amide bonds. The fourth-order valence-corrected chi connectivity index (χ4v) is 3.65. The van der Waals surface area contributed by atoms with Gasteiger partial charge in [0.05, 0.1) is 24.6 Å². The predicted octanol–water partition coefficient (Wildman–Crippen LogP) is 0.0709. The first-order valence-electron chi connectivity index (χ1n) is 8.61. The van der Waals surface area contributed by atoms with Gasteiger partial charge in [-0.3, -0.25) is 9.59 Å². The van der Waals surface area contributed by atoms with Crippen LogP contribution in [0.25, 0.3) is 0 Å². The Bertz CT molecular complexity index is 661. The minimum atomic E-state index is -1.09. The molecule has 2 atom stereocenters. The Kier molecular flexibility index (Phi) is 4.59. The molecule has 2 saturated heterocycles. The van der Waals surface area contributed by atoms with Gasteiger partial charge in [-0.25, -0.2) is 4.98 Å². The maximum atomic E-state index is 12.5. The minimum absolute atomic E-state index is 0.0725. The molecule has 0 saturated carbocycles. The SMILES string of the molecule is CC(=O)N[C@H]1CC2(CCN(C(=O)c3cn(C)cn3)CC2)OC[C@]1(C)O. The van der Waals surface area contributed by atoms with Crippen LogP contribution in [-0.4, -0.2) is 68.3 Å². The second kappa shape index (κ2) is 6.42. The van der Waals surface area contributed by atoms with E-state index in [0.29, 0.717) is 38.0 Å². The van der Waals surface area contributed by atoms with E-state index < -0.39 is 11.2 Å². The summed E-state index contributed by atoms with van der Waals surface area (Å²) >= 11 is 0. The van der Waals surface area contributed by atoms with Crippen LogP contribution in [0.2, 0.25) is 0 Å². The number of ether oxygens (including phenoxy) is 1. The summed E-state index contributed by atoms with van der Waals surface area (Å²) in [5.74, 6) is -0.234. The highest BCUT2D eigenvalue weighted by molar-refractivity contribution is 5.92. The summed E-state index contributed by atoms with van der Waals surface area (Å²) in [7, 11) is 1.83. The monoisotopic (exact) mass is 350 g/mol. The number of aryl methyl sites for hydroxylation is 1. The molecule has 2 aliphatic heterocycles. The molecule has 1 spiro atoms. The van der Waals surface area contributed by atoms with Crippen LogP contribution >= 0.6 is 0 Å². The average molecular weight is 350 g/mol. The number of hydrogen-bond donors (Lipinski definition) is 2. The van der Waals surface area contributed by atoms with E-state index in [9.17, 15) is 14.7 Å². The molecule has 0 unspecified atom stereocenters. The van der Waals surface area contributed by atoms with Gasteiger partial charge >= 0.3 is 0 Å². The number of aromatic nitrogens is 2. The smallest absolute Gasteiger partial charge is 0.274 e. The fraction of sp³-hybridized carbons (Fsp3) is 0.706. The number of carbonyl (C=O) groups is 2. The molecule has 3 rings (SSSR count). The van der Waals surface area contributed by atoms with Crippen LogP contribution in [0.3, 0.4) is 0 Å². The third-order valence-electron chi connectivity index (χ3n) is 5.26. The Balaban J connectivity index is 1.64. The van der Waals surface area contributed by atoms with Crippen molar-refractivity contribution in [3.8, 4) is 0 Å². The number of carbonyl (C=O) groups excluding carboxylic acids is 2. The van der Waals surface area contributed by atoms with Gasteiger partial charge in [-0.2, -0.15) is 0 Å². The fourth-order valence-electron chi connectivity index (χ4n) is 3.65. The molecular weight excluding hydrogens is 324 g/mol. The molecule has 2 N–H and O–H groups in total. The topological polar surface area (TPSA) is 96.7 Å². The van der Waals surface area contributed by atoms with E-state index in [1.54, 1.807) is 28.9 Å². The molecule has 2 aliphatic rings. The lowest BCUT2D eigenvalue weighted by Crippen LogP contribution is -2.63. The number of amides is 2. The number of nitrogens with zero attached hydrogens (tertiary/aromatic N) is 3. The van der Waals surface area contributed by atoms with Gasteiger partial charge in [-0.05, 0) is 26.2 Å². The lowest BCUT2D eigenvalue weighted by atomic mass is 9.77. The Morgan fingerprint density at radius 2 is 2.08 bits per heavy atom. The number of rotatable bonds is 2. The van der Waals surface area contributed by atoms with E-state index in [4.69, 9.17) is 4.74 Å². The van der Waals surface area contributed by atoms with Gasteiger partial charge in [0.15, 0.2) is 0 Å². The summed E-state index contributed by atoms with van der Waals surface area (Å²) < 4.78 is 7.77. The molecule has 0 aliphatic carbocycles. The Morgan fingerprint density at radius 3 is 2.64 bits per heavy atom. The number of aliphatic hydroxyl groups is 1. The number of nitrogens with one attached hydrogen (secondary N) is 1. The number of hydrogen-bond acceptors (Lipinski definition) is 5. The van der Waals surface area contributed by atoms with Crippen LogP contribution in [0.15, 0.2) is 12.5 Å². The zero-order valence-corrected chi connectivity index (χ0v) is 15.0. The average Bonchev–Trinajstić information content (AvgIpc) is 2.98.